The summed E-state index contributed by atoms with van der Waals surface area (Å²) in [5.74, 6) is 1.01. The molecule has 0 bridgehead atoms. The van der Waals surface area contributed by atoms with Gasteiger partial charge in [0.05, 0.1) is 17.3 Å². The van der Waals surface area contributed by atoms with Crippen molar-refractivity contribution in [3.63, 3.8) is 0 Å². The van der Waals surface area contributed by atoms with Crippen molar-refractivity contribution < 1.29 is 9.32 Å². The molecule has 0 spiro atoms. The number of amides is 1. The molecule has 1 aliphatic rings. The van der Waals surface area contributed by atoms with Crippen LogP contribution in [0.2, 0.25) is 0 Å². The van der Waals surface area contributed by atoms with E-state index >= 15 is 0 Å². The van der Waals surface area contributed by atoms with Crippen molar-refractivity contribution in [1.29, 1.82) is 0 Å². The second kappa shape index (κ2) is 7.59. The minimum atomic E-state index is -0.287. The van der Waals surface area contributed by atoms with Gasteiger partial charge in [0.2, 0.25) is 0 Å². The van der Waals surface area contributed by atoms with Gasteiger partial charge in [0, 0.05) is 43.5 Å². The number of aromatic nitrogens is 7. The fourth-order valence-electron chi connectivity index (χ4n) is 4.29. The second-order valence-corrected chi connectivity index (χ2v) is 9.86. The van der Waals surface area contributed by atoms with Gasteiger partial charge in [-0.25, -0.2) is 9.97 Å². The number of aryl methyl sites for hydroxylation is 1. The number of benzene rings is 1. The first-order chi connectivity index (χ1) is 16.8. The second-order valence-electron chi connectivity index (χ2n) is 9.86. The summed E-state index contributed by atoms with van der Waals surface area (Å²) in [7, 11) is 1.87. The van der Waals surface area contributed by atoms with Crippen LogP contribution in [0.25, 0.3) is 33.7 Å². The lowest BCUT2D eigenvalue weighted by molar-refractivity contribution is 0.0701. The molecule has 10 heteroatoms. The van der Waals surface area contributed by atoms with Crippen LogP contribution < -0.4 is 0 Å². The number of pyridine rings is 1. The summed E-state index contributed by atoms with van der Waals surface area (Å²) >= 11 is 0. The van der Waals surface area contributed by atoms with Crippen molar-refractivity contribution in [1.82, 2.24) is 39.8 Å². The first kappa shape index (κ1) is 21.2. The maximum absolute atomic E-state index is 13.0. The van der Waals surface area contributed by atoms with Crippen molar-refractivity contribution in [2.24, 2.45) is 7.05 Å². The third-order valence-electron chi connectivity index (χ3n) is 6.18. The van der Waals surface area contributed by atoms with Gasteiger partial charge in [0.1, 0.15) is 5.82 Å². The fraction of sp³-hybridized carbons (Fsp3) is 0.280. The van der Waals surface area contributed by atoms with Crippen molar-refractivity contribution in [2.45, 2.75) is 39.3 Å². The summed E-state index contributed by atoms with van der Waals surface area (Å²) < 4.78 is 7.01. The van der Waals surface area contributed by atoms with E-state index in [1.807, 2.05) is 40.1 Å². The molecule has 5 aromatic rings. The van der Waals surface area contributed by atoms with Gasteiger partial charge < -0.3 is 14.4 Å². The largest absolute Gasteiger partial charge is 0.336 e. The highest BCUT2D eigenvalue weighted by Crippen LogP contribution is 2.33. The summed E-state index contributed by atoms with van der Waals surface area (Å²) in [5.41, 5.74) is 6.32. The van der Waals surface area contributed by atoms with E-state index in [2.05, 4.69) is 48.4 Å². The van der Waals surface area contributed by atoms with Crippen molar-refractivity contribution in [2.75, 3.05) is 0 Å². The Bertz CT molecular complexity index is 1590. The summed E-state index contributed by atoms with van der Waals surface area (Å²) in [6.07, 6.45) is 5.44. The van der Waals surface area contributed by atoms with E-state index < -0.39 is 0 Å². The molecule has 10 nitrogen and oxygen atoms in total. The minimum absolute atomic E-state index is 0.0270. The van der Waals surface area contributed by atoms with E-state index in [-0.39, 0.29) is 17.2 Å². The Morgan fingerprint density at radius 3 is 2.66 bits per heavy atom. The Morgan fingerprint density at radius 1 is 1.09 bits per heavy atom. The quantitative estimate of drug-likeness (QED) is 0.427. The number of nitrogens with zero attached hydrogens (tertiary/aromatic N) is 7. The average molecular weight is 469 g/mol. The van der Waals surface area contributed by atoms with Crippen LogP contribution in [0.4, 0.5) is 0 Å². The van der Waals surface area contributed by atoms with Gasteiger partial charge >= 0.3 is 11.8 Å². The highest BCUT2D eigenvalue weighted by atomic mass is 16.5. The zero-order valence-electron chi connectivity index (χ0n) is 19.9. The van der Waals surface area contributed by atoms with E-state index in [9.17, 15) is 4.79 Å². The number of aromatic amines is 1. The van der Waals surface area contributed by atoms with Gasteiger partial charge in [-0.1, -0.05) is 38.1 Å². The van der Waals surface area contributed by atoms with E-state index in [1.165, 1.54) is 0 Å². The predicted octanol–water partition coefficient (Wildman–Crippen LogP) is 3.86. The first-order valence-electron chi connectivity index (χ1n) is 11.4. The van der Waals surface area contributed by atoms with Gasteiger partial charge in [-0.2, -0.15) is 10.1 Å². The topological polar surface area (TPSA) is 119 Å². The monoisotopic (exact) mass is 468 g/mol. The molecule has 1 N–H and O–H groups in total. The third-order valence-corrected chi connectivity index (χ3v) is 6.18. The fourth-order valence-corrected chi connectivity index (χ4v) is 4.29. The van der Waals surface area contributed by atoms with Gasteiger partial charge in [-0.15, -0.1) is 0 Å². The van der Waals surface area contributed by atoms with Gasteiger partial charge in [-0.3, -0.25) is 9.48 Å². The zero-order valence-corrected chi connectivity index (χ0v) is 19.9. The Labute approximate surface area is 201 Å². The summed E-state index contributed by atoms with van der Waals surface area (Å²) in [4.78, 5) is 31.6. The third kappa shape index (κ3) is 3.67. The molecule has 5 heterocycles. The van der Waals surface area contributed by atoms with Crippen LogP contribution in [-0.2, 0) is 25.6 Å². The molecule has 176 valence electrons. The van der Waals surface area contributed by atoms with E-state index in [0.717, 1.165) is 39.2 Å². The summed E-state index contributed by atoms with van der Waals surface area (Å²) in [6, 6.07) is 8.23. The number of H-pyrrole nitrogens is 1. The number of imidazole rings is 1. The molecular weight excluding hydrogens is 444 g/mol. The smallest absolute Gasteiger partial charge is 0.316 e. The Hall–Kier alpha value is -4.34. The Kier molecular flexibility index (Phi) is 4.60. The highest BCUT2D eigenvalue weighted by Gasteiger charge is 2.30. The van der Waals surface area contributed by atoms with Crippen LogP contribution in [-0.4, -0.2) is 45.7 Å². The van der Waals surface area contributed by atoms with Crippen LogP contribution in [0.3, 0.4) is 0 Å². The number of nitrogens with one attached hydrogen (secondary N) is 1. The van der Waals surface area contributed by atoms with E-state index in [0.29, 0.717) is 24.6 Å². The number of fused-ring (bicyclic) bond motifs is 2. The molecule has 35 heavy (non-hydrogen) atoms. The standard InChI is InChI=1S/C25H24N8O2/c1-25(2,3)24-30-22(35-31-24)23(34)33-12-15-6-5-14(9-16(15)13-33)18-7-8-26-21-19(18)28-20(29-21)17-10-27-32(4)11-17/h5-11H,12-13H2,1-4H3,(H,26,28,29). The Balaban J connectivity index is 1.29. The van der Waals surface area contributed by atoms with E-state index in [4.69, 9.17) is 4.52 Å². The molecule has 0 unspecified atom stereocenters. The SMILES string of the molecule is Cn1cc(-c2nc3nccc(-c4ccc5c(c4)CN(C(=O)c4nc(C(C)(C)C)no4)C5)c3[nH]2)cn1. The lowest BCUT2D eigenvalue weighted by Crippen LogP contribution is -2.26. The number of hydrogen-bond donors (Lipinski definition) is 1. The van der Waals surface area contributed by atoms with E-state index in [1.54, 1.807) is 22.0 Å². The summed E-state index contributed by atoms with van der Waals surface area (Å²) in [5, 5.41) is 8.21. The minimum Gasteiger partial charge on any atom is -0.336 e. The van der Waals surface area contributed by atoms with Crippen LogP contribution in [0.1, 0.15) is 48.4 Å². The molecule has 0 fully saturated rings. The van der Waals surface area contributed by atoms with Crippen molar-refractivity contribution in [3.8, 4) is 22.5 Å². The van der Waals surface area contributed by atoms with Crippen LogP contribution in [0.5, 0.6) is 0 Å². The molecule has 0 radical (unpaired) electrons. The number of rotatable bonds is 3. The lowest BCUT2D eigenvalue weighted by atomic mass is 9.96. The van der Waals surface area contributed by atoms with Crippen LogP contribution in [0.15, 0.2) is 47.4 Å². The maximum Gasteiger partial charge on any atom is 0.316 e. The molecule has 4 aromatic heterocycles. The normalized spacial score (nSPS) is 13.5. The molecular formula is C25H24N8O2. The number of hydrogen-bond acceptors (Lipinski definition) is 7. The zero-order chi connectivity index (χ0) is 24.3. The predicted molar refractivity (Wildman–Crippen MR) is 128 cm³/mol. The Morgan fingerprint density at radius 2 is 1.91 bits per heavy atom. The highest BCUT2D eigenvalue weighted by molar-refractivity contribution is 5.92. The molecule has 6 rings (SSSR count). The van der Waals surface area contributed by atoms with Crippen molar-refractivity contribution in [3.05, 3.63) is 65.7 Å². The first-order valence-corrected chi connectivity index (χ1v) is 11.4. The number of carbonyl (C=O) groups is 1. The van der Waals surface area contributed by atoms with Gasteiger partial charge in [-0.05, 0) is 28.8 Å². The maximum atomic E-state index is 13.0. The molecule has 0 atom stereocenters. The molecule has 1 amide bonds. The molecule has 0 saturated heterocycles. The lowest BCUT2D eigenvalue weighted by Gasteiger charge is -2.12. The van der Waals surface area contributed by atoms with Gasteiger partial charge in [0.15, 0.2) is 11.5 Å². The van der Waals surface area contributed by atoms with Crippen LogP contribution >= 0.6 is 0 Å². The molecule has 0 saturated carbocycles. The van der Waals surface area contributed by atoms with Crippen LogP contribution in [0, 0.1) is 0 Å². The average Bonchev–Trinajstić information content (AvgIpc) is 3.62. The molecule has 1 aromatic carbocycles. The molecule has 1 aliphatic heterocycles. The molecule has 0 aliphatic carbocycles. The van der Waals surface area contributed by atoms with Crippen molar-refractivity contribution >= 4 is 17.1 Å². The summed E-state index contributed by atoms with van der Waals surface area (Å²) in [6.45, 7) is 6.92. The van der Waals surface area contributed by atoms with Gasteiger partial charge in [0.25, 0.3) is 0 Å². The number of carbonyl (C=O) groups excluding carboxylic acids is 1.